The number of hydrogen-bond donors (Lipinski definition) is 1. The fraction of sp³-hybridized carbons (Fsp3) is 0.688. The quantitative estimate of drug-likeness (QED) is 0.907. The average Bonchev–Trinajstić information content (AvgIpc) is 2.62. The lowest BCUT2D eigenvalue weighted by molar-refractivity contribution is -0.120. The van der Waals surface area contributed by atoms with Crippen molar-refractivity contribution in [2.24, 2.45) is 0 Å². The molecule has 5 heteroatoms. The Bertz CT molecular complexity index is 519. The van der Waals surface area contributed by atoms with Gasteiger partial charge < -0.3 is 10.2 Å². The van der Waals surface area contributed by atoms with Crippen LogP contribution in [0.25, 0.3) is 0 Å². The molecule has 2 heterocycles. The third-order valence-electron chi connectivity index (χ3n) is 3.65. The van der Waals surface area contributed by atoms with Crippen LogP contribution in [0.4, 0.5) is 5.82 Å². The molecular formula is C16H26N4O. The molecule has 1 fully saturated rings. The van der Waals surface area contributed by atoms with Crippen molar-refractivity contribution < 1.29 is 4.79 Å². The molecule has 0 aromatic carbocycles. The summed E-state index contributed by atoms with van der Waals surface area (Å²) in [5, 5.41) is 2.90. The van der Waals surface area contributed by atoms with Gasteiger partial charge in [-0.25, -0.2) is 9.97 Å². The smallest absolute Gasteiger partial charge is 0.221 e. The van der Waals surface area contributed by atoms with Crippen LogP contribution in [0.1, 0.15) is 58.5 Å². The van der Waals surface area contributed by atoms with Gasteiger partial charge in [0.05, 0.1) is 5.69 Å². The zero-order chi connectivity index (χ0) is 15.6. The molecule has 1 N–H and O–H groups in total. The van der Waals surface area contributed by atoms with Crippen LogP contribution < -0.4 is 10.2 Å². The third kappa shape index (κ3) is 3.93. The number of aromatic nitrogens is 2. The van der Waals surface area contributed by atoms with Crippen molar-refractivity contribution in [2.75, 3.05) is 24.5 Å². The summed E-state index contributed by atoms with van der Waals surface area (Å²) in [6.45, 7) is 12.9. The topological polar surface area (TPSA) is 58.1 Å². The first-order chi connectivity index (χ1) is 9.77. The van der Waals surface area contributed by atoms with Gasteiger partial charge in [0.25, 0.3) is 0 Å². The minimum Gasteiger partial charge on any atom is -0.354 e. The highest BCUT2D eigenvalue weighted by molar-refractivity contribution is 5.77. The highest BCUT2D eigenvalue weighted by atomic mass is 16.1. The summed E-state index contributed by atoms with van der Waals surface area (Å²) in [4.78, 5) is 23.1. The van der Waals surface area contributed by atoms with Crippen LogP contribution in [0, 0.1) is 0 Å². The maximum atomic E-state index is 11.5. The van der Waals surface area contributed by atoms with E-state index in [9.17, 15) is 4.79 Å². The molecule has 0 bridgehead atoms. The van der Waals surface area contributed by atoms with Crippen molar-refractivity contribution in [3.8, 4) is 0 Å². The average molecular weight is 290 g/mol. The SMILES string of the molecule is CC(C)c1nc(N2CCNC(=O)CC2)cc(C(C)(C)C)n1. The summed E-state index contributed by atoms with van der Waals surface area (Å²) in [7, 11) is 0. The fourth-order valence-electron chi connectivity index (χ4n) is 2.25. The number of hydrogen-bond acceptors (Lipinski definition) is 4. The second-order valence-corrected chi connectivity index (χ2v) is 6.96. The van der Waals surface area contributed by atoms with Crippen molar-refractivity contribution in [1.29, 1.82) is 0 Å². The molecule has 0 atom stereocenters. The molecular weight excluding hydrogens is 264 g/mol. The number of rotatable bonds is 2. The molecule has 0 saturated carbocycles. The van der Waals surface area contributed by atoms with Gasteiger partial charge in [-0.05, 0) is 0 Å². The van der Waals surface area contributed by atoms with Crippen LogP contribution in [0.15, 0.2) is 6.07 Å². The number of anilines is 1. The van der Waals surface area contributed by atoms with E-state index in [1.54, 1.807) is 0 Å². The Hall–Kier alpha value is -1.65. The molecule has 116 valence electrons. The molecule has 1 aromatic heterocycles. The molecule has 1 saturated heterocycles. The summed E-state index contributed by atoms with van der Waals surface area (Å²) in [6, 6.07) is 2.07. The Morgan fingerprint density at radius 1 is 1.24 bits per heavy atom. The third-order valence-corrected chi connectivity index (χ3v) is 3.65. The minimum atomic E-state index is -0.0127. The van der Waals surface area contributed by atoms with Gasteiger partial charge in [-0.1, -0.05) is 34.6 Å². The maximum Gasteiger partial charge on any atom is 0.221 e. The van der Waals surface area contributed by atoms with Gasteiger partial charge in [-0.2, -0.15) is 0 Å². The summed E-state index contributed by atoms with van der Waals surface area (Å²) in [6.07, 6.45) is 0.520. The van der Waals surface area contributed by atoms with E-state index in [2.05, 4.69) is 50.9 Å². The summed E-state index contributed by atoms with van der Waals surface area (Å²) in [5.74, 6) is 2.22. The predicted octanol–water partition coefficient (Wildman–Crippen LogP) is 2.22. The lowest BCUT2D eigenvalue weighted by Gasteiger charge is -2.25. The summed E-state index contributed by atoms with van der Waals surface area (Å²) in [5.41, 5.74) is 1.04. The van der Waals surface area contributed by atoms with E-state index >= 15 is 0 Å². The molecule has 1 aliphatic rings. The maximum absolute atomic E-state index is 11.5. The second-order valence-electron chi connectivity index (χ2n) is 6.96. The van der Waals surface area contributed by atoms with Gasteiger partial charge in [0.15, 0.2) is 0 Å². The van der Waals surface area contributed by atoms with E-state index in [-0.39, 0.29) is 17.2 Å². The molecule has 0 spiro atoms. The van der Waals surface area contributed by atoms with Gasteiger partial charge >= 0.3 is 0 Å². The summed E-state index contributed by atoms with van der Waals surface area (Å²) < 4.78 is 0. The normalized spacial score (nSPS) is 16.9. The van der Waals surface area contributed by atoms with Crippen LogP contribution in [0.2, 0.25) is 0 Å². The van der Waals surface area contributed by atoms with E-state index in [0.29, 0.717) is 19.5 Å². The van der Waals surface area contributed by atoms with E-state index in [4.69, 9.17) is 9.97 Å². The van der Waals surface area contributed by atoms with Gasteiger partial charge in [0.2, 0.25) is 5.91 Å². The molecule has 0 radical (unpaired) electrons. The highest BCUT2D eigenvalue weighted by Crippen LogP contribution is 2.26. The second kappa shape index (κ2) is 6.00. The number of nitrogens with one attached hydrogen (secondary N) is 1. The van der Waals surface area contributed by atoms with Crippen LogP contribution >= 0.6 is 0 Å². The first-order valence-corrected chi connectivity index (χ1v) is 7.68. The number of nitrogens with zero attached hydrogens (tertiary/aromatic N) is 3. The number of carbonyl (C=O) groups is 1. The van der Waals surface area contributed by atoms with E-state index in [1.165, 1.54) is 0 Å². The first-order valence-electron chi connectivity index (χ1n) is 7.68. The van der Waals surface area contributed by atoms with Gasteiger partial charge in [-0.3, -0.25) is 4.79 Å². The van der Waals surface area contributed by atoms with Crippen LogP contribution in [0.5, 0.6) is 0 Å². The van der Waals surface area contributed by atoms with Gasteiger partial charge in [0, 0.05) is 43.5 Å². The molecule has 5 nitrogen and oxygen atoms in total. The van der Waals surface area contributed by atoms with Crippen molar-refractivity contribution in [3.05, 3.63) is 17.6 Å². The molecule has 1 amide bonds. The lowest BCUT2D eigenvalue weighted by atomic mass is 9.91. The van der Waals surface area contributed by atoms with E-state index in [1.807, 2.05) is 0 Å². The molecule has 2 rings (SSSR count). The fourth-order valence-corrected chi connectivity index (χ4v) is 2.25. The standard InChI is InChI=1S/C16H26N4O/c1-11(2)15-18-12(16(3,4)5)10-13(19-15)20-8-6-14(21)17-7-9-20/h10-11H,6-9H2,1-5H3,(H,17,21). The molecule has 1 aromatic rings. The number of amides is 1. The van der Waals surface area contributed by atoms with E-state index in [0.717, 1.165) is 23.9 Å². The zero-order valence-electron chi connectivity index (χ0n) is 13.7. The van der Waals surface area contributed by atoms with E-state index < -0.39 is 0 Å². The predicted molar refractivity (Wildman–Crippen MR) is 84.7 cm³/mol. The Balaban J connectivity index is 2.37. The molecule has 0 aliphatic carbocycles. The highest BCUT2D eigenvalue weighted by Gasteiger charge is 2.22. The van der Waals surface area contributed by atoms with Crippen LogP contribution in [0.3, 0.4) is 0 Å². The monoisotopic (exact) mass is 290 g/mol. The molecule has 0 unspecified atom stereocenters. The molecule has 21 heavy (non-hydrogen) atoms. The minimum absolute atomic E-state index is 0.0127. The largest absolute Gasteiger partial charge is 0.354 e. The summed E-state index contributed by atoms with van der Waals surface area (Å²) >= 11 is 0. The van der Waals surface area contributed by atoms with Crippen molar-refractivity contribution in [1.82, 2.24) is 15.3 Å². The van der Waals surface area contributed by atoms with Crippen LogP contribution in [-0.2, 0) is 10.2 Å². The van der Waals surface area contributed by atoms with Gasteiger partial charge in [-0.15, -0.1) is 0 Å². The Labute approximate surface area is 127 Å². The first kappa shape index (κ1) is 15.7. The lowest BCUT2D eigenvalue weighted by Crippen LogP contribution is -2.30. The molecule has 1 aliphatic heterocycles. The Morgan fingerprint density at radius 3 is 2.57 bits per heavy atom. The van der Waals surface area contributed by atoms with Gasteiger partial charge in [0.1, 0.15) is 11.6 Å². The zero-order valence-corrected chi connectivity index (χ0v) is 13.7. The van der Waals surface area contributed by atoms with Crippen molar-refractivity contribution in [3.63, 3.8) is 0 Å². The number of carbonyl (C=O) groups excluding carboxylic acids is 1. The van der Waals surface area contributed by atoms with Crippen molar-refractivity contribution >= 4 is 11.7 Å². The van der Waals surface area contributed by atoms with Crippen molar-refractivity contribution in [2.45, 2.75) is 52.4 Å². The van der Waals surface area contributed by atoms with Crippen LogP contribution in [-0.4, -0.2) is 35.5 Å². The Morgan fingerprint density at radius 2 is 1.95 bits per heavy atom. The Kier molecular flexibility index (Phi) is 4.49.